The van der Waals surface area contributed by atoms with Gasteiger partial charge in [-0.15, -0.1) is 22.7 Å². The fourth-order valence-corrected chi connectivity index (χ4v) is 17.3. The predicted molar refractivity (Wildman–Crippen MR) is 420 cm³/mol. The van der Waals surface area contributed by atoms with E-state index in [1.165, 1.54) is 12.7 Å². The standard InChI is InChI=1S/C13H22N4O.3C13H21N3O2.2C13H21N3OS/c1-13(2)5-4-8-17(12(18)11(13)14-3)9-10-15-6-7-16-10;1-13(2)6-4-8-16(12(17)11(13)14-3)9-10-5-7-15-18-10;1-13(2)5-4-7-16(12(17)11(13)14-3)9-10-15-6-8-18-10;1-13(2)5-4-6-16(12(17)11(13)14-3)8-10-7-15-9-18-10;1-13(2)5-4-7-16(12(17)11(13)14-3)9-10-15-6-8-18-10;1-13(2)5-4-6-16(12(17)11(13)14-3)8-10-7-15-9-18-10/h6-7,11,14H,4-5,8-9H2,1-3H3,(H,15,16);5,7,11,14H,4,6,8-9H2,1-3H3;6,8,11,14H,4-5,7,9H2,1-3H3;7,9,11,14H,4-6,8H2,1-3H3;6,8,11,14H,4-5,7,9H2,1-3H3;7,9,11,14H,4-6,8H2,1-3H3. The smallest absolute Gasteiger partial charge is 0.240 e. The van der Waals surface area contributed by atoms with Crippen molar-refractivity contribution in [3.8, 4) is 0 Å². The minimum Gasteiger partial charge on any atom is -0.447 e. The maximum atomic E-state index is 12.6. The molecule has 28 nitrogen and oxygen atoms in total. The number of hydrogen-bond donors (Lipinski definition) is 7. The van der Waals surface area contributed by atoms with E-state index < -0.39 is 0 Å². The lowest BCUT2D eigenvalue weighted by molar-refractivity contribution is -0.136. The summed E-state index contributed by atoms with van der Waals surface area (Å²) in [6.45, 7) is 34.0. The molecule has 6 atom stereocenters. The van der Waals surface area contributed by atoms with Gasteiger partial charge in [0.2, 0.25) is 41.3 Å². The van der Waals surface area contributed by atoms with Crippen LogP contribution in [-0.4, -0.2) is 218 Å². The minimum atomic E-state index is -0.144. The van der Waals surface area contributed by atoms with Crippen LogP contribution in [0.5, 0.6) is 0 Å². The first-order chi connectivity index (χ1) is 51.3. The van der Waals surface area contributed by atoms with Gasteiger partial charge in [-0.1, -0.05) is 88.2 Å². The Bertz CT molecular complexity index is 3020. The van der Waals surface area contributed by atoms with Gasteiger partial charge in [-0.05, 0) is 152 Å². The molecule has 6 saturated heterocycles. The number of nitrogens with zero attached hydrogens (tertiary/aromatic N) is 12. The number of carbonyl (C=O) groups excluding carboxylic acids is 6. The molecule has 6 aliphatic heterocycles. The monoisotopic (exact) mass is 1540 g/mol. The summed E-state index contributed by atoms with van der Waals surface area (Å²) >= 11 is 3.22. The molecule has 6 aliphatic rings. The van der Waals surface area contributed by atoms with E-state index >= 15 is 0 Å². The molecule has 6 fully saturated rings. The van der Waals surface area contributed by atoms with Gasteiger partial charge >= 0.3 is 0 Å². The van der Waals surface area contributed by atoms with Crippen molar-refractivity contribution in [3.05, 3.63) is 106 Å². The highest BCUT2D eigenvalue weighted by atomic mass is 32.1. The molecular weight excluding hydrogens is 1410 g/mol. The second-order valence-electron chi connectivity index (χ2n) is 33.2. The SMILES string of the molecule is CNC1C(=O)N(Cc2ccno2)CCCC1(C)C.CNC1C(=O)N(Cc2cnco2)CCCC1(C)C.CNC1C(=O)N(Cc2cncs2)CCCC1(C)C.CNC1C(=O)N(Cc2ncc[nH]2)CCCC1(C)C.CNC1C(=O)N(Cc2ncco2)CCCC1(C)C.CNC1C(=O)N(Cc2nccs2)CCCC1(C)C. The van der Waals surface area contributed by atoms with Gasteiger partial charge in [0, 0.05) is 80.4 Å². The lowest BCUT2D eigenvalue weighted by Crippen LogP contribution is -2.50. The highest BCUT2D eigenvalue weighted by Crippen LogP contribution is 2.37. The maximum Gasteiger partial charge on any atom is 0.240 e. The lowest BCUT2D eigenvalue weighted by Gasteiger charge is -2.32. The van der Waals surface area contributed by atoms with E-state index in [0.29, 0.717) is 45.2 Å². The Kier molecular flexibility index (Phi) is 33.0. The van der Waals surface area contributed by atoms with E-state index in [1.807, 2.05) is 88.8 Å². The third kappa shape index (κ3) is 24.3. The van der Waals surface area contributed by atoms with Crippen molar-refractivity contribution in [2.75, 3.05) is 81.6 Å². The number of oxazole rings is 2. The van der Waals surface area contributed by atoms with E-state index in [4.69, 9.17) is 13.4 Å². The summed E-state index contributed by atoms with van der Waals surface area (Å²) < 4.78 is 15.5. The molecule has 30 heteroatoms. The molecule has 0 bridgehead atoms. The van der Waals surface area contributed by atoms with Crippen LogP contribution in [-0.2, 0) is 68.0 Å². The first-order valence-electron chi connectivity index (χ1n) is 38.4. The molecule has 0 spiro atoms. The van der Waals surface area contributed by atoms with E-state index in [-0.39, 0.29) is 104 Å². The molecule has 12 heterocycles. The molecule has 6 unspecified atom stereocenters. The predicted octanol–water partition coefficient (Wildman–Crippen LogP) is 9.14. The zero-order valence-corrected chi connectivity index (χ0v) is 69.4. The Labute approximate surface area is 649 Å². The van der Waals surface area contributed by atoms with Crippen molar-refractivity contribution in [1.82, 2.24) is 96.4 Å². The average Bonchev–Trinajstić information content (AvgIpc) is 1.66. The number of aromatic amines is 1. The van der Waals surface area contributed by atoms with Crippen LogP contribution in [0, 0.1) is 32.5 Å². The number of rotatable bonds is 18. The summed E-state index contributed by atoms with van der Waals surface area (Å²) in [5.41, 5.74) is 1.82. The van der Waals surface area contributed by atoms with Gasteiger partial charge in [0.15, 0.2) is 12.2 Å². The molecule has 6 amide bonds. The molecule has 0 saturated carbocycles. The van der Waals surface area contributed by atoms with Gasteiger partial charge in [-0.25, -0.2) is 19.9 Å². The van der Waals surface area contributed by atoms with Crippen molar-refractivity contribution in [2.45, 2.75) is 236 Å². The van der Waals surface area contributed by atoms with Crippen molar-refractivity contribution >= 4 is 58.1 Å². The number of thiazole rings is 2. The van der Waals surface area contributed by atoms with Crippen LogP contribution >= 0.6 is 22.7 Å². The first kappa shape index (κ1) is 87.9. The van der Waals surface area contributed by atoms with Gasteiger partial charge in [-0.3, -0.25) is 33.8 Å². The zero-order valence-electron chi connectivity index (χ0n) is 67.7. The molecule has 0 aliphatic carbocycles. The molecule has 600 valence electrons. The quantitative estimate of drug-likeness (QED) is 0.0421. The van der Waals surface area contributed by atoms with Gasteiger partial charge < -0.3 is 79.6 Å². The number of carbonyl (C=O) groups is 6. The highest BCUT2D eigenvalue weighted by Gasteiger charge is 2.45. The number of likely N-dealkylation sites (tertiary alicyclic amines) is 6. The van der Waals surface area contributed by atoms with E-state index in [1.54, 1.807) is 65.9 Å². The third-order valence-electron chi connectivity index (χ3n) is 22.3. The molecular formula is C78H127N19O9S2. The number of hydrogen-bond acceptors (Lipinski definition) is 23. The fourth-order valence-electron chi connectivity index (χ4n) is 16.1. The first-order valence-corrected chi connectivity index (χ1v) is 40.2. The van der Waals surface area contributed by atoms with Crippen LogP contribution in [0.2, 0.25) is 0 Å². The number of imidazole rings is 1. The number of likely N-dealkylation sites (N-methyl/N-ethyl adjacent to an activating group) is 6. The highest BCUT2D eigenvalue weighted by molar-refractivity contribution is 7.09. The largest absolute Gasteiger partial charge is 0.447 e. The maximum absolute atomic E-state index is 12.6. The summed E-state index contributed by atoms with van der Waals surface area (Å²) in [5.74, 6) is 3.94. The fraction of sp³-hybridized carbons (Fsp3) is 0.692. The molecule has 0 radical (unpaired) electrons. The third-order valence-corrected chi connectivity index (χ3v) is 23.8. The van der Waals surface area contributed by atoms with Crippen LogP contribution < -0.4 is 31.9 Å². The molecule has 6 aromatic rings. The Morgan fingerprint density at radius 2 is 0.824 bits per heavy atom. The summed E-state index contributed by atoms with van der Waals surface area (Å²) in [4.78, 5) is 111. The van der Waals surface area contributed by atoms with Crippen LogP contribution in [0.15, 0.2) is 86.3 Å². The van der Waals surface area contributed by atoms with Crippen LogP contribution in [0.1, 0.15) is 193 Å². The van der Waals surface area contributed by atoms with Crippen LogP contribution in [0.25, 0.3) is 0 Å². The van der Waals surface area contributed by atoms with E-state index in [0.717, 1.165) is 144 Å². The molecule has 108 heavy (non-hydrogen) atoms. The number of aromatic nitrogens is 7. The van der Waals surface area contributed by atoms with Crippen LogP contribution in [0.3, 0.4) is 0 Å². The molecule has 0 aromatic carbocycles. The molecule has 12 rings (SSSR count). The summed E-state index contributed by atoms with van der Waals surface area (Å²) in [6.07, 6.45) is 27.5. The minimum absolute atomic E-state index is 0.00372. The molecule has 6 aromatic heterocycles. The normalized spacial score (nSPS) is 24.1. The van der Waals surface area contributed by atoms with Gasteiger partial charge in [0.05, 0.1) is 99.6 Å². The lowest BCUT2D eigenvalue weighted by atomic mass is 9.80. The molecule has 7 N–H and O–H groups in total. The average molecular weight is 1540 g/mol. The van der Waals surface area contributed by atoms with Gasteiger partial charge in [0.1, 0.15) is 22.9 Å². The Morgan fingerprint density at radius 1 is 0.426 bits per heavy atom. The number of amides is 6. The van der Waals surface area contributed by atoms with Crippen molar-refractivity contribution < 1.29 is 42.1 Å². The van der Waals surface area contributed by atoms with E-state index in [2.05, 4.69) is 150 Å². The second kappa shape index (κ2) is 40.6. The Morgan fingerprint density at radius 3 is 1.15 bits per heavy atom. The van der Waals surface area contributed by atoms with Crippen LogP contribution in [0.4, 0.5) is 0 Å². The number of nitrogens with one attached hydrogen (secondary N) is 7. The summed E-state index contributed by atoms with van der Waals surface area (Å²) in [5, 5.41) is 25.7. The zero-order chi connectivity index (χ0) is 79.0. The van der Waals surface area contributed by atoms with Gasteiger partial charge in [-0.2, -0.15) is 0 Å². The summed E-state index contributed by atoms with van der Waals surface area (Å²) in [6, 6.07) is 1.08. The Hall–Kier alpha value is -7.32. The van der Waals surface area contributed by atoms with Crippen molar-refractivity contribution in [1.29, 1.82) is 0 Å². The van der Waals surface area contributed by atoms with Gasteiger partial charge in [0.25, 0.3) is 0 Å². The topological polar surface area (TPSA) is 327 Å². The van der Waals surface area contributed by atoms with Crippen molar-refractivity contribution in [3.63, 3.8) is 0 Å². The second-order valence-corrected chi connectivity index (χ2v) is 35.2. The van der Waals surface area contributed by atoms with Crippen molar-refractivity contribution in [2.24, 2.45) is 32.5 Å². The van der Waals surface area contributed by atoms with E-state index in [9.17, 15) is 28.8 Å². The Balaban J connectivity index is 0.000000180. The summed E-state index contributed by atoms with van der Waals surface area (Å²) in [7, 11) is 11.2. The number of H-pyrrole nitrogens is 1.